The molecule has 6 rings (SSSR count). The minimum Gasteiger partial charge on any atom is -0.497 e. The number of amides is 1. The van der Waals surface area contributed by atoms with Crippen molar-refractivity contribution in [3.63, 3.8) is 0 Å². The first-order chi connectivity index (χ1) is 19.0. The maximum absolute atomic E-state index is 13.9. The second kappa shape index (κ2) is 9.81. The summed E-state index contributed by atoms with van der Waals surface area (Å²) in [5.74, 6) is 0.00281. The smallest absolute Gasteiger partial charge is 0.497 e. The summed E-state index contributed by atoms with van der Waals surface area (Å²) in [6, 6.07) is 6.46. The van der Waals surface area contributed by atoms with Gasteiger partial charge in [-0.2, -0.15) is 0 Å². The van der Waals surface area contributed by atoms with Crippen LogP contribution in [0.2, 0.25) is 0 Å². The summed E-state index contributed by atoms with van der Waals surface area (Å²) < 4.78 is 54.9. The van der Waals surface area contributed by atoms with Crippen molar-refractivity contribution in [2.75, 3.05) is 13.7 Å². The second-order valence-electron chi connectivity index (χ2n) is 11.0. The predicted molar refractivity (Wildman–Crippen MR) is 144 cm³/mol. The molecular weight excluding hydrogens is 643 g/mol. The number of hydrogen-bond acceptors (Lipinski definition) is 7. The van der Waals surface area contributed by atoms with Crippen LogP contribution in [0.25, 0.3) is 0 Å². The van der Waals surface area contributed by atoms with E-state index in [1.165, 1.54) is 6.07 Å². The van der Waals surface area contributed by atoms with E-state index in [-0.39, 0.29) is 42.0 Å². The van der Waals surface area contributed by atoms with Gasteiger partial charge in [-0.3, -0.25) is 9.59 Å². The Morgan fingerprint density at radius 1 is 1.10 bits per heavy atom. The average molecular weight is 671 g/mol. The zero-order valence-electron chi connectivity index (χ0n) is 21.8. The van der Waals surface area contributed by atoms with Gasteiger partial charge in [-0.15, -0.1) is 8.78 Å². The van der Waals surface area contributed by atoms with Crippen LogP contribution in [0.15, 0.2) is 24.3 Å². The molecule has 0 unspecified atom stereocenters. The van der Waals surface area contributed by atoms with Crippen LogP contribution in [0.4, 0.5) is 8.78 Å². The molecule has 3 heterocycles. The molecule has 0 spiro atoms. The number of methoxy groups -OCH3 is 1. The lowest BCUT2D eigenvalue weighted by Crippen LogP contribution is -2.47. The third-order valence-electron chi connectivity index (χ3n) is 8.49. The van der Waals surface area contributed by atoms with Gasteiger partial charge in [0.2, 0.25) is 5.91 Å². The fraction of sp³-hybridized carbons (Fsp3) is 0.500. The maximum Gasteiger partial charge on any atom is 0.586 e. The van der Waals surface area contributed by atoms with Crippen molar-refractivity contribution in [1.82, 2.24) is 5.32 Å². The minimum atomic E-state index is -3.79. The minimum absolute atomic E-state index is 0.0186. The number of hydrogen-bond donors (Lipinski definition) is 2. The van der Waals surface area contributed by atoms with E-state index >= 15 is 0 Å². The summed E-state index contributed by atoms with van der Waals surface area (Å²) in [6.45, 7) is 1.73. The zero-order valence-corrected chi connectivity index (χ0v) is 24.0. The van der Waals surface area contributed by atoms with Crippen LogP contribution in [-0.4, -0.2) is 43.1 Å². The van der Waals surface area contributed by atoms with Crippen molar-refractivity contribution in [2.24, 2.45) is 11.8 Å². The van der Waals surface area contributed by atoms with Crippen LogP contribution >= 0.6 is 22.6 Å². The number of carboxylic acids is 1. The normalized spacial score (nSPS) is 29.4. The molecule has 1 fully saturated rings. The molecule has 0 bridgehead atoms. The Labute approximate surface area is 242 Å². The monoisotopic (exact) mass is 671 g/mol. The van der Waals surface area contributed by atoms with Gasteiger partial charge in [-0.05, 0) is 79.3 Å². The Kier molecular flexibility index (Phi) is 6.66. The highest BCUT2D eigenvalue weighted by molar-refractivity contribution is 14.1. The van der Waals surface area contributed by atoms with Gasteiger partial charge in [0.1, 0.15) is 38.9 Å². The summed E-state index contributed by atoms with van der Waals surface area (Å²) in [7, 11) is 1.57. The van der Waals surface area contributed by atoms with Gasteiger partial charge in [-0.25, -0.2) is 0 Å². The highest BCUT2D eigenvalue weighted by Gasteiger charge is 2.51. The lowest BCUT2D eigenvalue weighted by atomic mass is 9.76. The first-order valence-electron chi connectivity index (χ1n) is 13.1. The number of rotatable bonds is 5. The number of nitrogens with one attached hydrogen (secondary N) is 1. The van der Waals surface area contributed by atoms with Crippen LogP contribution in [0.5, 0.6) is 28.7 Å². The number of alkyl halides is 2. The molecule has 12 heteroatoms. The van der Waals surface area contributed by atoms with Crippen LogP contribution in [0.1, 0.15) is 56.2 Å². The van der Waals surface area contributed by atoms with Crippen molar-refractivity contribution in [1.29, 1.82) is 0 Å². The summed E-state index contributed by atoms with van der Waals surface area (Å²) in [6.07, 6.45) is -0.905. The molecule has 3 atom stereocenters. The van der Waals surface area contributed by atoms with Crippen LogP contribution in [-0.2, 0) is 15.0 Å². The average Bonchev–Trinajstić information content (AvgIpc) is 3.44. The number of aliphatic carboxylic acids is 1. The summed E-state index contributed by atoms with van der Waals surface area (Å²) >= 11 is 1.86. The summed E-state index contributed by atoms with van der Waals surface area (Å²) in [5, 5.41) is 12.6. The second-order valence-corrected chi connectivity index (χ2v) is 12.0. The van der Waals surface area contributed by atoms with Gasteiger partial charge in [-0.1, -0.05) is 0 Å². The predicted octanol–water partition coefficient (Wildman–Crippen LogP) is 5.17. The molecule has 0 radical (unpaired) electrons. The molecule has 1 saturated carbocycles. The molecule has 0 aromatic heterocycles. The Balaban J connectivity index is 1.27. The summed E-state index contributed by atoms with van der Waals surface area (Å²) in [5.41, 5.74) is 0.0678. The van der Waals surface area contributed by atoms with Crippen molar-refractivity contribution in [3.05, 3.63) is 39.0 Å². The van der Waals surface area contributed by atoms with Crippen LogP contribution < -0.4 is 29.0 Å². The molecule has 40 heavy (non-hydrogen) atoms. The Morgan fingerprint density at radius 3 is 2.55 bits per heavy atom. The standard InChI is InChI=1S/C28H28F2INO8/c1-27(12-37-23-17(27)10-21-24(22(23)31)40-28(29,30)39-21)26(35)32-18-11-19(13-3-5-14(6-4-13)25(33)34)38-20-9-15(36-2)7-8-16(18)20/h7-10,13-14,18-19H,3-6,11-12H2,1-2H3,(H,32,35)(H,33,34)/t13-,14+,18-,19-,27+/m1/s1. The van der Waals surface area contributed by atoms with Gasteiger partial charge in [0.05, 0.1) is 19.1 Å². The number of fused-ring (bicyclic) bond motifs is 3. The van der Waals surface area contributed by atoms with E-state index in [9.17, 15) is 23.5 Å². The SMILES string of the molecule is COc1ccc2c(c1)O[C@@H]([C@H]1CC[C@@H](C(=O)O)CC1)C[C@H]2NC(=O)[C@@]1(C)COc2c1cc1c(c2I)OC(F)(F)O1. The zero-order chi connectivity index (χ0) is 28.4. The fourth-order valence-electron chi connectivity index (χ4n) is 6.15. The first-order valence-corrected chi connectivity index (χ1v) is 14.2. The third kappa shape index (κ3) is 4.57. The number of carbonyl (C=O) groups is 2. The fourth-order valence-corrected chi connectivity index (χ4v) is 6.97. The van der Waals surface area contributed by atoms with Crippen molar-refractivity contribution < 1.29 is 47.2 Å². The molecule has 1 aliphatic carbocycles. The van der Waals surface area contributed by atoms with E-state index < -0.39 is 23.7 Å². The maximum atomic E-state index is 13.9. The molecule has 2 aromatic rings. The number of benzene rings is 2. The van der Waals surface area contributed by atoms with E-state index in [1.54, 1.807) is 26.2 Å². The van der Waals surface area contributed by atoms with Gasteiger partial charge in [0.15, 0.2) is 11.5 Å². The van der Waals surface area contributed by atoms with Crippen LogP contribution in [0, 0.1) is 15.4 Å². The molecule has 0 saturated heterocycles. The first kappa shape index (κ1) is 27.2. The topological polar surface area (TPSA) is 113 Å². The molecule has 3 aliphatic heterocycles. The Bertz CT molecular complexity index is 1380. The largest absolute Gasteiger partial charge is 0.586 e. The highest BCUT2D eigenvalue weighted by Crippen LogP contribution is 2.54. The highest BCUT2D eigenvalue weighted by atomic mass is 127. The van der Waals surface area contributed by atoms with Gasteiger partial charge < -0.3 is 34.1 Å². The lowest BCUT2D eigenvalue weighted by molar-refractivity contribution is -0.287. The van der Waals surface area contributed by atoms with Crippen LogP contribution in [0.3, 0.4) is 0 Å². The van der Waals surface area contributed by atoms with E-state index in [0.717, 1.165) is 18.4 Å². The number of halogens is 3. The van der Waals surface area contributed by atoms with E-state index in [2.05, 4.69) is 14.8 Å². The van der Waals surface area contributed by atoms with E-state index in [4.69, 9.17) is 14.2 Å². The van der Waals surface area contributed by atoms with Crippen molar-refractivity contribution in [2.45, 2.75) is 62.9 Å². The third-order valence-corrected chi connectivity index (χ3v) is 9.47. The van der Waals surface area contributed by atoms with Crippen molar-refractivity contribution in [3.8, 4) is 28.7 Å². The number of carboxylic acid groups (broad SMARTS) is 1. The molecule has 1 amide bonds. The Morgan fingerprint density at radius 2 is 1.85 bits per heavy atom. The number of ether oxygens (including phenoxy) is 5. The molecular formula is C28H28F2INO8. The van der Waals surface area contributed by atoms with Gasteiger partial charge >= 0.3 is 12.3 Å². The Hall–Kier alpha value is -3.03. The molecule has 9 nitrogen and oxygen atoms in total. The molecule has 2 N–H and O–H groups in total. The van der Waals surface area contributed by atoms with Gasteiger partial charge in [0.25, 0.3) is 0 Å². The van der Waals surface area contributed by atoms with E-state index in [0.29, 0.717) is 45.6 Å². The van der Waals surface area contributed by atoms with E-state index in [1.807, 2.05) is 28.7 Å². The number of carbonyl (C=O) groups excluding carboxylic acids is 1. The summed E-state index contributed by atoms with van der Waals surface area (Å²) in [4.78, 5) is 25.4. The lowest BCUT2D eigenvalue weighted by Gasteiger charge is -2.39. The molecule has 4 aliphatic rings. The molecule has 2 aromatic carbocycles. The molecule has 214 valence electrons. The van der Waals surface area contributed by atoms with Gasteiger partial charge in [0, 0.05) is 23.6 Å². The quantitative estimate of drug-likeness (QED) is 0.419. The van der Waals surface area contributed by atoms with Crippen molar-refractivity contribution >= 4 is 34.5 Å².